The quantitative estimate of drug-likeness (QED) is 0.726. The fraction of sp³-hybridized carbons (Fsp3) is 0.0714. The highest BCUT2D eigenvalue weighted by Gasteiger charge is 2.20. The van der Waals surface area contributed by atoms with Crippen LogP contribution in [0, 0.1) is 0 Å². The van der Waals surface area contributed by atoms with Crippen molar-refractivity contribution in [2.24, 2.45) is 0 Å². The molecule has 3 aromatic rings. The maximum atomic E-state index is 12.2. The van der Waals surface area contributed by atoms with Crippen LogP contribution in [-0.2, 0) is 9.84 Å². The van der Waals surface area contributed by atoms with Crippen molar-refractivity contribution in [3.8, 4) is 5.75 Å². The average molecular weight is 340 g/mol. The summed E-state index contributed by atoms with van der Waals surface area (Å²) in [6.07, 6.45) is 0. The summed E-state index contributed by atoms with van der Waals surface area (Å²) >= 11 is 6.90. The molecule has 0 bridgehead atoms. The number of halogens is 1. The molecule has 0 aliphatic carbocycles. The molecule has 0 atom stereocenters. The van der Waals surface area contributed by atoms with Gasteiger partial charge in [-0.1, -0.05) is 23.7 Å². The van der Waals surface area contributed by atoms with Gasteiger partial charge in [0.05, 0.1) is 10.2 Å². The van der Waals surface area contributed by atoms with Crippen LogP contribution in [0.25, 0.3) is 10.2 Å². The zero-order chi connectivity index (χ0) is 14.9. The Balaban J connectivity index is 1.81. The molecule has 0 aliphatic rings. The molecule has 3 rings (SSSR count). The van der Waals surface area contributed by atoms with Crippen LogP contribution < -0.4 is 4.74 Å². The maximum Gasteiger partial charge on any atom is 0.240 e. The van der Waals surface area contributed by atoms with Crippen molar-refractivity contribution >= 4 is 43.0 Å². The largest absolute Gasteiger partial charge is 0.477 e. The van der Waals surface area contributed by atoms with E-state index in [1.54, 1.807) is 30.3 Å². The maximum absolute atomic E-state index is 12.2. The summed E-state index contributed by atoms with van der Waals surface area (Å²) in [5.74, 6) is -0.00172. The molecule has 7 heteroatoms. The van der Waals surface area contributed by atoms with Crippen molar-refractivity contribution < 1.29 is 13.2 Å². The van der Waals surface area contributed by atoms with Gasteiger partial charge < -0.3 is 4.74 Å². The Morgan fingerprint density at radius 2 is 1.81 bits per heavy atom. The number of para-hydroxylation sites is 1. The first-order chi connectivity index (χ1) is 10.0. The molecule has 0 unspecified atom stereocenters. The third-order valence-electron chi connectivity index (χ3n) is 2.73. The highest BCUT2D eigenvalue weighted by molar-refractivity contribution is 7.93. The first-order valence-electron chi connectivity index (χ1n) is 6.01. The number of thiazole rings is 1. The lowest BCUT2D eigenvalue weighted by Crippen LogP contribution is -2.12. The third-order valence-corrected chi connectivity index (χ3v) is 5.88. The van der Waals surface area contributed by atoms with Crippen LogP contribution in [0.1, 0.15) is 0 Å². The van der Waals surface area contributed by atoms with Gasteiger partial charge in [0.15, 0.2) is 5.94 Å². The Bertz CT molecular complexity index is 840. The Labute approximate surface area is 130 Å². The van der Waals surface area contributed by atoms with Gasteiger partial charge in [-0.15, -0.1) is 11.3 Å². The van der Waals surface area contributed by atoms with Crippen LogP contribution in [0.3, 0.4) is 0 Å². The molecule has 0 spiro atoms. The van der Waals surface area contributed by atoms with E-state index in [0.717, 1.165) is 16.0 Å². The first-order valence-corrected chi connectivity index (χ1v) is 8.86. The summed E-state index contributed by atoms with van der Waals surface area (Å²) in [6.45, 7) is 0. The van der Waals surface area contributed by atoms with Crippen LogP contribution in [0.4, 0.5) is 0 Å². The Kier molecular flexibility index (Phi) is 3.84. The minimum absolute atomic E-state index is 0.0673. The van der Waals surface area contributed by atoms with E-state index < -0.39 is 15.8 Å². The van der Waals surface area contributed by atoms with Crippen molar-refractivity contribution in [1.29, 1.82) is 0 Å². The summed E-state index contributed by atoms with van der Waals surface area (Å²) in [5.41, 5.74) is 0.674. The number of rotatable bonds is 4. The van der Waals surface area contributed by atoms with Gasteiger partial charge in [0.2, 0.25) is 14.2 Å². The number of benzene rings is 2. The van der Waals surface area contributed by atoms with Crippen molar-refractivity contribution in [3.05, 3.63) is 53.6 Å². The molecule has 21 heavy (non-hydrogen) atoms. The van der Waals surface area contributed by atoms with E-state index in [0.29, 0.717) is 16.3 Å². The molecule has 0 fully saturated rings. The van der Waals surface area contributed by atoms with Gasteiger partial charge in [0.1, 0.15) is 5.75 Å². The van der Waals surface area contributed by atoms with Gasteiger partial charge in [-0.2, -0.15) is 0 Å². The van der Waals surface area contributed by atoms with Crippen LogP contribution in [-0.4, -0.2) is 19.3 Å². The van der Waals surface area contributed by atoms with Crippen molar-refractivity contribution in [3.63, 3.8) is 0 Å². The van der Waals surface area contributed by atoms with Crippen LogP contribution in [0.5, 0.6) is 5.75 Å². The molecule has 0 N–H and O–H groups in total. The molecular weight excluding hydrogens is 330 g/mol. The molecule has 0 radical (unpaired) electrons. The van der Waals surface area contributed by atoms with E-state index in [9.17, 15) is 8.42 Å². The summed E-state index contributed by atoms with van der Waals surface area (Å²) in [5, 5.41) is 0.566. The lowest BCUT2D eigenvalue weighted by atomic mass is 10.3. The van der Waals surface area contributed by atoms with Crippen LogP contribution in [0.2, 0.25) is 5.02 Å². The van der Waals surface area contributed by atoms with Crippen LogP contribution in [0.15, 0.2) is 52.9 Å². The van der Waals surface area contributed by atoms with Gasteiger partial charge in [-0.05, 0) is 36.4 Å². The minimum Gasteiger partial charge on any atom is -0.477 e. The van der Waals surface area contributed by atoms with E-state index in [1.165, 1.54) is 0 Å². The number of hydrogen-bond acceptors (Lipinski definition) is 5. The topological polar surface area (TPSA) is 56.3 Å². The molecule has 0 saturated carbocycles. The number of ether oxygens (including phenoxy) is 1. The lowest BCUT2D eigenvalue weighted by Gasteiger charge is -2.05. The van der Waals surface area contributed by atoms with Gasteiger partial charge in [0.25, 0.3) is 0 Å². The fourth-order valence-corrected chi connectivity index (χ4v) is 4.08. The Hall–Kier alpha value is -1.63. The molecule has 108 valence electrons. The van der Waals surface area contributed by atoms with Gasteiger partial charge in [-0.25, -0.2) is 13.4 Å². The zero-order valence-electron chi connectivity index (χ0n) is 10.7. The fourth-order valence-electron chi connectivity index (χ4n) is 1.71. The van der Waals surface area contributed by atoms with Crippen LogP contribution >= 0.6 is 22.9 Å². The smallest absolute Gasteiger partial charge is 0.240 e. The molecule has 1 heterocycles. The second-order valence-electron chi connectivity index (χ2n) is 4.28. The molecule has 0 aliphatic heterocycles. The molecule has 4 nitrogen and oxygen atoms in total. The Morgan fingerprint density at radius 3 is 2.52 bits per heavy atom. The van der Waals surface area contributed by atoms with Crippen molar-refractivity contribution in [1.82, 2.24) is 4.98 Å². The number of aromatic nitrogens is 1. The number of hydrogen-bond donors (Lipinski definition) is 0. The van der Waals surface area contributed by atoms with Crippen molar-refractivity contribution in [2.45, 2.75) is 4.34 Å². The zero-order valence-corrected chi connectivity index (χ0v) is 13.1. The highest BCUT2D eigenvalue weighted by atomic mass is 35.5. The van der Waals surface area contributed by atoms with E-state index in [4.69, 9.17) is 16.3 Å². The Morgan fingerprint density at radius 1 is 1.10 bits per heavy atom. The first kappa shape index (κ1) is 14.3. The van der Waals surface area contributed by atoms with Gasteiger partial charge >= 0.3 is 0 Å². The molecule has 2 aromatic carbocycles. The monoisotopic (exact) mass is 339 g/mol. The van der Waals surface area contributed by atoms with Gasteiger partial charge in [-0.3, -0.25) is 0 Å². The van der Waals surface area contributed by atoms with E-state index >= 15 is 0 Å². The van der Waals surface area contributed by atoms with Crippen molar-refractivity contribution in [2.75, 3.05) is 5.94 Å². The number of fused-ring (bicyclic) bond motifs is 1. The number of sulfone groups is 1. The predicted octanol–water partition coefficient (Wildman–Crippen LogP) is 3.76. The standard InChI is InChI=1S/C14H10ClNO3S2/c15-10-5-7-11(8-6-10)19-9-21(17,18)14-16-12-3-1-2-4-13(12)20-14/h1-8H,9H2. The van der Waals surface area contributed by atoms with Gasteiger partial charge in [0, 0.05) is 5.02 Å². The summed E-state index contributed by atoms with van der Waals surface area (Å²) < 4.78 is 30.7. The molecule has 0 saturated heterocycles. The summed E-state index contributed by atoms with van der Waals surface area (Å²) in [7, 11) is -3.58. The summed E-state index contributed by atoms with van der Waals surface area (Å²) in [4.78, 5) is 4.14. The lowest BCUT2D eigenvalue weighted by molar-refractivity contribution is 0.376. The second-order valence-corrected chi connectivity index (χ2v) is 7.86. The normalized spacial score (nSPS) is 11.7. The third kappa shape index (κ3) is 3.18. The number of nitrogens with zero attached hydrogens (tertiary/aromatic N) is 1. The SMILES string of the molecule is O=S(=O)(COc1ccc(Cl)cc1)c1nc2ccccc2s1. The van der Waals surface area contributed by atoms with E-state index in [-0.39, 0.29) is 4.34 Å². The van der Waals surface area contributed by atoms with E-state index in [1.807, 2.05) is 18.2 Å². The second kappa shape index (κ2) is 5.63. The molecule has 0 amide bonds. The highest BCUT2D eigenvalue weighted by Crippen LogP contribution is 2.26. The average Bonchev–Trinajstić information content (AvgIpc) is 2.91. The minimum atomic E-state index is -3.58. The van der Waals surface area contributed by atoms with E-state index in [2.05, 4.69) is 4.98 Å². The predicted molar refractivity (Wildman–Crippen MR) is 83.8 cm³/mol. The molecular formula is C14H10ClNO3S2. The summed E-state index contributed by atoms with van der Waals surface area (Å²) in [6, 6.07) is 13.8. The molecule has 1 aromatic heterocycles.